The van der Waals surface area contributed by atoms with Crippen molar-refractivity contribution in [2.45, 2.75) is 23.8 Å². The summed E-state index contributed by atoms with van der Waals surface area (Å²) in [6.07, 6.45) is 1.65. The molecule has 9 heteroatoms. The zero-order valence-electron chi connectivity index (χ0n) is 14.2. The van der Waals surface area contributed by atoms with E-state index in [4.69, 9.17) is 16.3 Å². The standard InChI is InChI=1S/C18H18BrClN2O4S/c19-17-7-6-15(27(24,25)21-11-14-5-2-8-26-14)10-16(17)18(23)22-13-4-1-3-12(20)9-13/h1,3-4,6-7,9-10,14,21H,2,5,8,11H2,(H,22,23). The molecule has 27 heavy (non-hydrogen) atoms. The summed E-state index contributed by atoms with van der Waals surface area (Å²) in [4.78, 5) is 12.6. The summed E-state index contributed by atoms with van der Waals surface area (Å²) in [5.74, 6) is -0.444. The number of amides is 1. The largest absolute Gasteiger partial charge is 0.377 e. The van der Waals surface area contributed by atoms with Crippen molar-refractivity contribution in [2.24, 2.45) is 0 Å². The van der Waals surface area contributed by atoms with Crippen LogP contribution in [0, 0.1) is 0 Å². The van der Waals surface area contributed by atoms with Gasteiger partial charge in [0, 0.05) is 28.3 Å². The molecule has 2 aromatic rings. The van der Waals surface area contributed by atoms with Crippen molar-refractivity contribution >= 4 is 49.1 Å². The predicted molar refractivity (Wildman–Crippen MR) is 108 cm³/mol. The molecule has 6 nitrogen and oxygen atoms in total. The summed E-state index contributed by atoms with van der Waals surface area (Å²) >= 11 is 9.22. The Morgan fingerprint density at radius 1 is 1.26 bits per heavy atom. The molecule has 1 atom stereocenters. The van der Waals surface area contributed by atoms with Crippen LogP contribution >= 0.6 is 27.5 Å². The van der Waals surface area contributed by atoms with Gasteiger partial charge in [0.1, 0.15) is 0 Å². The number of carbonyl (C=O) groups excluding carboxylic acids is 1. The molecule has 0 bridgehead atoms. The fraction of sp³-hybridized carbons (Fsp3) is 0.278. The zero-order valence-corrected chi connectivity index (χ0v) is 17.4. The highest BCUT2D eigenvalue weighted by Crippen LogP contribution is 2.23. The van der Waals surface area contributed by atoms with E-state index in [1.807, 2.05) is 0 Å². The number of ether oxygens (including phenoxy) is 1. The van der Waals surface area contributed by atoms with Crippen molar-refractivity contribution in [3.8, 4) is 0 Å². The lowest BCUT2D eigenvalue weighted by molar-refractivity contribution is 0.102. The van der Waals surface area contributed by atoms with Crippen LogP contribution in [0.2, 0.25) is 5.02 Å². The van der Waals surface area contributed by atoms with E-state index >= 15 is 0 Å². The Morgan fingerprint density at radius 2 is 2.07 bits per heavy atom. The first kappa shape index (κ1) is 20.3. The third kappa shape index (κ3) is 5.30. The molecule has 3 rings (SSSR count). The van der Waals surface area contributed by atoms with Crippen LogP contribution in [0.25, 0.3) is 0 Å². The van der Waals surface area contributed by atoms with Gasteiger partial charge >= 0.3 is 0 Å². The molecule has 1 heterocycles. The zero-order chi connectivity index (χ0) is 19.4. The van der Waals surface area contributed by atoms with E-state index in [1.165, 1.54) is 18.2 Å². The summed E-state index contributed by atoms with van der Waals surface area (Å²) < 4.78 is 33.6. The number of rotatable bonds is 6. The number of halogens is 2. The van der Waals surface area contributed by atoms with E-state index in [-0.39, 0.29) is 23.1 Å². The van der Waals surface area contributed by atoms with Gasteiger partial charge in [-0.25, -0.2) is 13.1 Å². The van der Waals surface area contributed by atoms with E-state index in [2.05, 4.69) is 26.0 Å². The Morgan fingerprint density at radius 3 is 2.78 bits per heavy atom. The molecular weight excluding hydrogens is 456 g/mol. The smallest absolute Gasteiger partial charge is 0.256 e. The molecule has 1 aliphatic heterocycles. The second-order valence-electron chi connectivity index (χ2n) is 6.09. The third-order valence-electron chi connectivity index (χ3n) is 4.10. The van der Waals surface area contributed by atoms with Crippen LogP contribution < -0.4 is 10.0 Å². The van der Waals surface area contributed by atoms with E-state index in [0.717, 1.165) is 12.8 Å². The summed E-state index contributed by atoms with van der Waals surface area (Å²) in [5, 5.41) is 3.19. The van der Waals surface area contributed by atoms with Gasteiger partial charge < -0.3 is 10.1 Å². The Balaban J connectivity index is 1.77. The van der Waals surface area contributed by atoms with Crippen molar-refractivity contribution in [1.29, 1.82) is 0 Å². The van der Waals surface area contributed by atoms with Crippen LogP contribution in [0.4, 0.5) is 5.69 Å². The number of hydrogen-bond acceptors (Lipinski definition) is 4. The summed E-state index contributed by atoms with van der Waals surface area (Å²) in [5.41, 5.74) is 0.721. The summed E-state index contributed by atoms with van der Waals surface area (Å²) in [6.45, 7) is 0.862. The van der Waals surface area contributed by atoms with Crippen molar-refractivity contribution in [3.05, 3.63) is 57.5 Å². The molecule has 1 amide bonds. The van der Waals surface area contributed by atoms with Crippen molar-refractivity contribution < 1.29 is 17.9 Å². The monoisotopic (exact) mass is 472 g/mol. The summed E-state index contributed by atoms with van der Waals surface area (Å²) in [7, 11) is -3.75. The average Bonchev–Trinajstić information content (AvgIpc) is 3.14. The van der Waals surface area contributed by atoms with Crippen LogP contribution in [0.3, 0.4) is 0 Å². The van der Waals surface area contributed by atoms with Crippen LogP contribution in [0.5, 0.6) is 0 Å². The minimum absolute atomic E-state index is 0.0138. The maximum absolute atomic E-state index is 12.6. The summed E-state index contributed by atoms with van der Waals surface area (Å²) in [6, 6.07) is 11.0. The number of benzene rings is 2. The van der Waals surface area contributed by atoms with Gasteiger partial charge in [-0.3, -0.25) is 4.79 Å². The Kier molecular flexibility index (Phi) is 6.54. The average molecular weight is 474 g/mol. The van der Waals surface area contributed by atoms with E-state index < -0.39 is 15.9 Å². The highest BCUT2D eigenvalue weighted by molar-refractivity contribution is 9.10. The van der Waals surface area contributed by atoms with Gasteiger partial charge in [-0.05, 0) is 65.2 Å². The minimum atomic E-state index is -3.75. The fourth-order valence-corrected chi connectivity index (χ4v) is 4.41. The number of carbonyl (C=O) groups is 1. The van der Waals surface area contributed by atoms with Gasteiger partial charge in [0.25, 0.3) is 5.91 Å². The molecule has 0 aromatic heterocycles. The first-order valence-corrected chi connectivity index (χ1v) is 11.0. The highest BCUT2D eigenvalue weighted by Gasteiger charge is 2.22. The quantitative estimate of drug-likeness (QED) is 0.668. The number of anilines is 1. The second kappa shape index (κ2) is 8.70. The Labute approximate surface area is 171 Å². The van der Waals surface area contributed by atoms with E-state index in [9.17, 15) is 13.2 Å². The molecule has 1 fully saturated rings. The van der Waals surface area contributed by atoms with Gasteiger partial charge in [0.05, 0.1) is 16.6 Å². The number of hydrogen-bond donors (Lipinski definition) is 2. The molecule has 0 spiro atoms. The third-order valence-corrected chi connectivity index (χ3v) is 6.45. The molecule has 144 valence electrons. The fourth-order valence-electron chi connectivity index (χ4n) is 2.70. The lowest BCUT2D eigenvalue weighted by Gasteiger charge is -2.13. The van der Waals surface area contributed by atoms with Crippen LogP contribution in [-0.2, 0) is 14.8 Å². The first-order chi connectivity index (χ1) is 12.8. The SMILES string of the molecule is O=C(Nc1cccc(Cl)c1)c1cc(S(=O)(=O)NCC2CCCO2)ccc1Br. The predicted octanol–water partition coefficient (Wildman–Crippen LogP) is 3.81. The van der Waals surface area contributed by atoms with Gasteiger partial charge in [-0.1, -0.05) is 17.7 Å². The Bertz CT molecular complexity index is 946. The lowest BCUT2D eigenvalue weighted by Crippen LogP contribution is -2.32. The number of nitrogens with one attached hydrogen (secondary N) is 2. The van der Waals surface area contributed by atoms with Crippen molar-refractivity contribution in [3.63, 3.8) is 0 Å². The molecule has 2 aromatic carbocycles. The van der Waals surface area contributed by atoms with E-state index in [1.54, 1.807) is 24.3 Å². The molecule has 2 N–H and O–H groups in total. The molecule has 1 saturated heterocycles. The first-order valence-electron chi connectivity index (χ1n) is 8.33. The second-order valence-corrected chi connectivity index (χ2v) is 9.15. The van der Waals surface area contributed by atoms with Crippen LogP contribution in [0.15, 0.2) is 51.8 Å². The molecular formula is C18H18BrClN2O4S. The van der Waals surface area contributed by atoms with Gasteiger partial charge in [0.15, 0.2) is 0 Å². The normalized spacial score (nSPS) is 17.0. The highest BCUT2D eigenvalue weighted by atomic mass is 79.9. The van der Waals surface area contributed by atoms with Gasteiger partial charge in [-0.2, -0.15) is 0 Å². The lowest BCUT2D eigenvalue weighted by atomic mass is 10.2. The maximum atomic E-state index is 12.6. The molecule has 1 aliphatic rings. The van der Waals surface area contributed by atoms with E-state index in [0.29, 0.717) is 21.8 Å². The van der Waals surface area contributed by atoms with Crippen molar-refractivity contribution in [2.75, 3.05) is 18.5 Å². The van der Waals surface area contributed by atoms with Crippen molar-refractivity contribution in [1.82, 2.24) is 4.72 Å². The number of sulfonamides is 1. The molecule has 1 unspecified atom stereocenters. The molecule has 0 aliphatic carbocycles. The molecule has 0 radical (unpaired) electrons. The van der Waals surface area contributed by atoms with Crippen LogP contribution in [-0.4, -0.2) is 33.6 Å². The minimum Gasteiger partial charge on any atom is -0.377 e. The Hall–Kier alpha value is -1.45. The van der Waals surface area contributed by atoms with Gasteiger partial charge in [0.2, 0.25) is 10.0 Å². The topological polar surface area (TPSA) is 84.5 Å². The van der Waals surface area contributed by atoms with Crippen LogP contribution in [0.1, 0.15) is 23.2 Å². The van der Waals surface area contributed by atoms with Gasteiger partial charge in [-0.15, -0.1) is 0 Å². The molecule has 0 saturated carbocycles. The maximum Gasteiger partial charge on any atom is 0.256 e.